The van der Waals surface area contributed by atoms with Crippen LogP contribution >= 0.6 is 11.8 Å². The summed E-state index contributed by atoms with van der Waals surface area (Å²) in [6.07, 6.45) is -0.333. The van der Waals surface area contributed by atoms with Crippen LogP contribution in [0.2, 0.25) is 0 Å². The lowest BCUT2D eigenvalue weighted by Gasteiger charge is -2.18. The Bertz CT molecular complexity index is 1070. The summed E-state index contributed by atoms with van der Waals surface area (Å²) in [6, 6.07) is 14.8. The molecular formula is C24H30N4O4S. The van der Waals surface area contributed by atoms with E-state index in [1.165, 1.54) is 11.8 Å². The van der Waals surface area contributed by atoms with E-state index in [1.54, 1.807) is 26.4 Å². The molecule has 0 saturated carbocycles. The van der Waals surface area contributed by atoms with E-state index < -0.39 is 0 Å². The Hall–Kier alpha value is -3.20. The number of hydrogen-bond donors (Lipinski definition) is 1. The van der Waals surface area contributed by atoms with Crippen molar-refractivity contribution >= 4 is 23.4 Å². The maximum atomic E-state index is 12.5. The summed E-state index contributed by atoms with van der Waals surface area (Å²) in [5, 5.41) is 12.3. The Kier molecular flexibility index (Phi) is 8.59. The number of para-hydroxylation sites is 2. The van der Waals surface area contributed by atoms with Crippen molar-refractivity contribution in [3.63, 3.8) is 0 Å². The van der Waals surface area contributed by atoms with E-state index in [1.807, 2.05) is 47.9 Å². The first-order valence-electron chi connectivity index (χ1n) is 10.7. The Labute approximate surface area is 198 Å². The van der Waals surface area contributed by atoms with Gasteiger partial charge < -0.3 is 24.1 Å². The smallest absolute Gasteiger partial charge is 0.234 e. The van der Waals surface area contributed by atoms with E-state index in [-0.39, 0.29) is 17.8 Å². The highest BCUT2D eigenvalue weighted by atomic mass is 32.2. The van der Waals surface area contributed by atoms with Crippen molar-refractivity contribution in [1.82, 2.24) is 14.8 Å². The average Bonchev–Trinajstić information content (AvgIpc) is 3.20. The molecule has 9 heteroatoms. The standard InChI is InChI=1S/C24H30N4O4S/c1-16(2)14-28-23(17(3)32-19-10-8-9-18(13-19)30-4)26-27-24(28)33-15-22(29)25-20-11-6-7-12-21(20)31-5/h6-13,16-17H,14-15H2,1-5H3,(H,25,29). The number of nitrogens with one attached hydrogen (secondary N) is 1. The van der Waals surface area contributed by atoms with Gasteiger partial charge in [0.2, 0.25) is 5.91 Å². The van der Waals surface area contributed by atoms with Crippen LogP contribution in [0.4, 0.5) is 5.69 Å². The Morgan fingerprint density at radius 2 is 1.79 bits per heavy atom. The van der Waals surface area contributed by atoms with Gasteiger partial charge in [-0.1, -0.05) is 43.8 Å². The number of ether oxygens (including phenoxy) is 3. The van der Waals surface area contributed by atoms with Gasteiger partial charge in [0.15, 0.2) is 17.1 Å². The maximum Gasteiger partial charge on any atom is 0.234 e. The summed E-state index contributed by atoms with van der Waals surface area (Å²) >= 11 is 1.34. The molecule has 8 nitrogen and oxygen atoms in total. The molecule has 1 N–H and O–H groups in total. The molecule has 1 atom stereocenters. The number of rotatable bonds is 11. The zero-order valence-corrected chi connectivity index (χ0v) is 20.4. The molecule has 0 aliphatic rings. The zero-order valence-electron chi connectivity index (χ0n) is 19.6. The molecule has 0 spiro atoms. The largest absolute Gasteiger partial charge is 0.497 e. The highest BCUT2D eigenvalue weighted by molar-refractivity contribution is 7.99. The number of nitrogens with zero attached hydrogens (tertiary/aromatic N) is 3. The molecule has 0 fully saturated rings. The lowest BCUT2D eigenvalue weighted by Crippen LogP contribution is -2.17. The van der Waals surface area contributed by atoms with Crippen LogP contribution in [-0.4, -0.2) is 40.6 Å². The van der Waals surface area contributed by atoms with Gasteiger partial charge in [0, 0.05) is 12.6 Å². The van der Waals surface area contributed by atoms with Gasteiger partial charge in [-0.2, -0.15) is 0 Å². The number of carbonyl (C=O) groups is 1. The summed E-state index contributed by atoms with van der Waals surface area (Å²) in [4.78, 5) is 12.5. The summed E-state index contributed by atoms with van der Waals surface area (Å²) in [6.45, 7) is 6.90. The van der Waals surface area contributed by atoms with Crippen molar-refractivity contribution in [3.05, 3.63) is 54.4 Å². The number of carbonyl (C=O) groups excluding carboxylic acids is 1. The molecule has 0 saturated heterocycles. The fourth-order valence-electron chi connectivity index (χ4n) is 3.24. The summed E-state index contributed by atoms with van der Waals surface area (Å²) in [5.74, 6) is 3.14. The molecule has 1 aromatic heterocycles. The minimum atomic E-state index is -0.333. The van der Waals surface area contributed by atoms with Crippen molar-refractivity contribution < 1.29 is 19.0 Å². The number of amides is 1. The quantitative estimate of drug-likeness (QED) is 0.402. The third-order valence-corrected chi connectivity index (χ3v) is 5.69. The van der Waals surface area contributed by atoms with Crippen LogP contribution in [0.15, 0.2) is 53.7 Å². The normalized spacial score (nSPS) is 11.8. The van der Waals surface area contributed by atoms with Crippen LogP contribution in [0.25, 0.3) is 0 Å². The second kappa shape index (κ2) is 11.6. The van der Waals surface area contributed by atoms with Crippen molar-refractivity contribution in [1.29, 1.82) is 0 Å². The summed E-state index contributed by atoms with van der Waals surface area (Å²) in [5.41, 5.74) is 0.634. The van der Waals surface area contributed by atoms with Gasteiger partial charge in [0.1, 0.15) is 17.2 Å². The molecule has 3 aromatic rings. The van der Waals surface area contributed by atoms with Crippen molar-refractivity contribution in [2.24, 2.45) is 5.92 Å². The molecule has 1 amide bonds. The minimum absolute atomic E-state index is 0.147. The topological polar surface area (TPSA) is 87.5 Å². The molecule has 1 heterocycles. The number of thioether (sulfide) groups is 1. The summed E-state index contributed by atoms with van der Waals surface area (Å²) in [7, 11) is 3.19. The Morgan fingerprint density at radius 3 is 2.52 bits per heavy atom. The van der Waals surface area contributed by atoms with Crippen LogP contribution in [0.5, 0.6) is 17.2 Å². The predicted octanol–water partition coefficient (Wildman–Crippen LogP) is 4.82. The molecule has 33 heavy (non-hydrogen) atoms. The molecular weight excluding hydrogens is 440 g/mol. The molecule has 2 aromatic carbocycles. The molecule has 3 rings (SSSR count). The molecule has 0 aliphatic carbocycles. The van der Waals surface area contributed by atoms with Crippen molar-refractivity contribution in [3.8, 4) is 17.2 Å². The van der Waals surface area contributed by atoms with E-state index in [4.69, 9.17) is 14.2 Å². The number of methoxy groups -OCH3 is 2. The van der Waals surface area contributed by atoms with Crippen molar-refractivity contribution in [2.75, 3.05) is 25.3 Å². The van der Waals surface area contributed by atoms with Crippen LogP contribution in [-0.2, 0) is 11.3 Å². The van der Waals surface area contributed by atoms with Gasteiger partial charge in [-0.05, 0) is 37.1 Å². The van der Waals surface area contributed by atoms with Crippen molar-refractivity contribution in [2.45, 2.75) is 38.6 Å². The van der Waals surface area contributed by atoms with Gasteiger partial charge in [-0.15, -0.1) is 10.2 Å². The maximum absolute atomic E-state index is 12.5. The van der Waals surface area contributed by atoms with Crippen LogP contribution in [0, 0.1) is 5.92 Å². The minimum Gasteiger partial charge on any atom is -0.497 e. The highest BCUT2D eigenvalue weighted by Crippen LogP contribution is 2.28. The lowest BCUT2D eigenvalue weighted by atomic mass is 10.2. The number of benzene rings is 2. The lowest BCUT2D eigenvalue weighted by molar-refractivity contribution is -0.113. The van der Waals surface area contributed by atoms with E-state index in [9.17, 15) is 4.79 Å². The zero-order chi connectivity index (χ0) is 23.8. The van der Waals surface area contributed by atoms with Gasteiger partial charge in [0.05, 0.1) is 25.7 Å². The van der Waals surface area contributed by atoms with Crippen LogP contribution in [0.3, 0.4) is 0 Å². The SMILES string of the molecule is COc1cccc(OC(C)c2nnc(SCC(=O)Nc3ccccc3OC)n2CC(C)C)c1. The number of anilines is 1. The number of aromatic nitrogens is 3. The molecule has 0 aliphatic heterocycles. The Morgan fingerprint density at radius 1 is 1.03 bits per heavy atom. The highest BCUT2D eigenvalue weighted by Gasteiger charge is 2.21. The fourth-order valence-corrected chi connectivity index (χ4v) is 3.99. The molecule has 1 unspecified atom stereocenters. The molecule has 0 bridgehead atoms. The second-order valence-corrected chi connectivity index (χ2v) is 8.76. The number of hydrogen-bond acceptors (Lipinski definition) is 7. The monoisotopic (exact) mass is 470 g/mol. The van der Waals surface area contributed by atoms with Gasteiger partial charge in [-0.3, -0.25) is 4.79 Å². The second-order valence-electron chi connectivity index (χ2n) is 7.82. The van der Waals surface area contributed by atoms with E-state index in [2.05, 4.69) is 29.4 Å². The predicted molar refractivity (Wildman–Crippen MR) is 129 cm³/mol. The first-order chi connectivity index (χ1) is 15.9. The first-order valence-corrected chi connectivity index (χ1v) is 11.7. The third kappa shape index (κ3) is 6.64. The summed E-state index contributed by atoms with van der Waals surface area (Å²) < 4.78 is 18.7. The van der Waals surface area contributed by atoms with Gasteiger partial charge in [-0.25, -0.2) is 0 Å². The van der Waals surface area contributed by atoms with Crippen LogP contribution in [0.1, 0.15) is 32.7 Å². The van der Waals surface area contributed by atoms with Gasteiger partial charge >= 0.3 is 0 Å². The van der Waals surface area contributed by atoms with Crippen LogP contribution < -0.4 is 19.5 Å². The van der Waals surface area contributed by atoms with Gasteiger partial charge in [0.25, 0.3) is 0 Å². The average molecular weight is 471 g/mol. The fraction of sp³-hybridized carbons (Fsp3) is 0.375. The third-order valence-electron chi connectivity index (χ3n) is 4.72. The molecule has 0 radical (unpaired) electrons. The van der Waals surface area contributed by atoms with E-state index in [0.29, 0.717) is 40.6 Å². The van der Waals surface area contributed by atoms with E-state index in [0.717, 1.165) is 5.75 Å². The first kappa shape index (κ1) is 24.4. The molecule has 176 valence electrons. The Balaban J connectivity index is 1.71. The van der Waals surface area contributed by atoms with E-state index >= 15 is 0 Å².